The molecule has 0 aromatic heterocycles. The number of rotatable bonds is 9. The van der Waals surface area contributed by atoms with Crippen LogP contribution < -0.4 is 15.0 Å². The van der Waals surface area contributed by atoms with E-state index in [-0.39, 0.29) is 17.1 Å². The summed E-state index contributed by atoms with van der Waals surface area (Å²) in [4.78, 5) is 29.2. The number of hydrogen-bond donors (Lipinski definition) is 1. The number of hydrogen-bond acceptors (Lipinski definition) is 4. The summed E-state index contributed by atoms with van der Waals surface area (Å²) in [5.41, 5.74) is 2.87. The number of carbonyl (C=O) groups is 2. The maximum atomic E-state index is 13.8. The smallest absolute Gasteiger partial charge is 0.255 e. The highest BCUT2D eigenvalue weighted by Crippen LogP contribution is 2.33. The summed E-state index contributed by atoms with van der Waals surface area (Å²) in [6.07, 6.45) is 0.655. The van der Waals surface area contributed by atoms with E-state index >= 15 is 0 Å². The van der Waals surface area contributed by atoms with Crippen molar-refractivity contribution in [2.45, 2.75) is 23.5 Å². The Bertz CT molecular complexity index is 1260. The summed E-state index contributed by atoms with van der Waals surface area (Å²) >= 11 is 1.50. The van der Waals surface area contributed by atoms with E-state index in [9.17, 15) is 9.59 Å². The summed E-state index contributed by atoms with van der Waals surface area (Å²) in [5.74, 6) is 0.495. The van der Waals surface area contributed by atoms with Crippen molar-refractivity contribution < 1.29 is 14.3 Å². The molecule has 36 heavy (non-hydrogen) atoms. The van der Waals surface area contributed by atoms with E-state index in [0.717, 1.165) is 16.3 Å². The van der Waals surface area contributed by atoms with Crippen molar-refractivity contribution in [2.24, 2.45) is 0 Å². The van der Waals surface area contributed by atoms with Crippen LogP contribution in [0.3, 0.4) is 0 Å². The van der Waals surface area contributed by atoms with Gasteiger partial charge >= 0.3 is 0 Å². The third-order valence-corrected chi connectivity index (χ3v) is 6.96. The van der Waals surface area contributed by atoms with Crippen molar-refractivity contribution in [2.75, 3.05) is 17.3 Å². The van der Waals surface area contributed by atoms with Crippen LogP contribution in [-0.2, 0) is 4.79 Å². The summed E-state index contributed by atoms with van der Waals surface area (Å²) < 4.78 is 5.16. The number of benzene rings is 4. The maximum absolute atomic E-state index is 13.8. The Morgan fingerprint density at radius 3 is 2.00 bits per heavy atom. The lowest BCUT2D eigenvalue weighted by Crippen LogP contribution is -2.34. The van der Waals surface area contributed by atoms with Crippen LogP contribution in [-0.4, -0.2) is 24.2 Å². The molecule has 0 saturated heterocycles. The molecule has 0 aliphatic carbocycles. The minimum Gasteiger partial charge on any atom is -0.497 e. The van der Waals surface area contributed by atoms with Crippen LogP contribution in [0.5, 0.6) is 5.75 Å². The number of para-hydroxylation sites is 2. The minimum atomic E-state index is -0.307. The van der Waals surface area contributed by atoms with Crippen molar-refractivity contribution in [3.63, 3.8) is 0 Å². The van der Waals surface area contributed by atoms with E-state index < -0.39 is 0 Å². The molecule has 1 atom stereocenters. The van der Waals surface area contributed by atoms with Gasteiger partial charge in [-0.3, -0.25) is 14.5 Å². The molecule has 1 N–H and O–H groups in total. The number of nitrogens with one attached hydrogen (secondary N) is 1. The normalized spacial score (nSPS) is 11.4. The van der Waals surface area contributed by atoms with Gasteiger partial charge in [-0.05, 0) is 73.2 Å². The average Bonchev–Trinajstić information content (AvgIpc) is 2.93. The van der Waals surface area contributed by atoms with Crippen LogP contribution in [0.4, 0.5) is 17.1 Å². The van der Waals surface area contributed by atoms with Gasteiger partial charge in [-0.2, -0.15) is 0 Å². The maximum Gasteiger partial charge on any atom is 0.255 e. The van der Waals surface area contributed by atoms with E-state index in [1.165, 1.54) is 11.8 Å². The van der Waals surface area contributed by atoms with Gasteiger partial charge in [-0.15, -0.1) is 11.8 Å². The molecule has 6 heteroatoms. The summed E-state index contributed by atoms with van der Waals surface area (Å²) in [6, 6.07) is 33.9. The van der Waals surface area contributed by atoms with Gasteiger partial charge in [0, 0.05) is 27.5 Å². The molecule has 0 saturated carbocycles. The molecule has 0 heterocycles. The zero-order valence-electron chi connectivity index (χ0n) is 20.3. The number of nitrogens with zero attached hydrogens (tertiary/aromatic N) is 1. The molecule has 0 aliphatic heterocycles. The zero-order chi connectivity index (χ0) is 25.3. The minimum absolute atomic E-state index is 0.00701. The van der Waals surface area contributed by atoms with Crippen molar-refractivity contribution in [1.82, 2.24) is 0 Å². The van der Waals surface area contributed by atoms with Crippen LogP contribution in [0.2, 0.25) is 0 Å². The van der Waals surface area contributed by atoms with Gasteiger partial charge in [0.15, 0.2) is 0 Å². The first-order valence-corrected chi connectivity index (χ1v) is 12.6. The second-order valence-corrected chi connectivity index (χ2v) is 9.35. The molecular weight excluding hydrogens is 468 g/mol. The fraction of sp³-hybridized carbons (Fsp3) is 0.133. The molecule has 2 amide bonds. The molecule has 4 rings (SSSR count). The quantitative estimate of drug-likeness (QED) is 0.249. The van der Waals surface area contributed by atoms with Gasteiger partial charge in [0.2, 0.25) is 5.91 Å². The molecule has 5 nitrogen and oxygen atoms in total. The standard InChI is InChI=1S/C30H28N2O3S/c1-3-28(30(34)32(24-12-6-4-7-13-24)25-14-8-5-9-15-25)36-27-16-10-11-23(21-27)31-29(33)22-17-19-26(35-2)20-18-22/h4-21,28H,3H2,1-2H3,(H,31,33). The predicted octanol–water partition coefficient (Wildman–Crippen LogP) is 7.18. The largest absolute Gasteiger partial charge is 0.497 e. The molecule has 4 aromatic carbocycles. The van der Waals surface area contributed by atoms with E-state index in [4.69, 9.17) is 4.74 Å². The molecule has 0 spiro atoms. The van der Waals surface area contributed by atoms with Crippen molar-refractivity contribution in [3.05, 3.63) is 115 Å². The Morgan fingerprint density at radius 1 is 0.833 bits per heavy atom. The summed E-state index contributed by atoms with van der Waals surface area (Å²) in [7, 11) is 1.59. The van der Waals surface area contributed by atoms with Gasteiger partial charge in [0.1, 0.15) is 5.75 Å². The number of carbonyl (C=O) groups excluding carboxylic acids is 2. The van der Waals surface area contributed by atoms with Crippen molar-refractivity contribution >= 4 is 40.6 Å². The first kappa shape index (κ1) is 25.1. The Balaban J connectivity index is 1.52. The molecule has 0 radical (unpaired) electrons. The number of ether oxygens (including phenoxy) is 1. The highest BCUT2D eigenvalue weighted by atomic mass is 32.2. The predicted molar refractivity (Wildman–Crippen MR) is 147 cm³/mol. The number of thioether (sulfide) groups is 1. The Labute approximate surface area is 216 Å². The third-order valence-electron chi connectivity index (χ3n) is 5.62. The summed E-state index contributed by atoms with van der Waals surface area (Å²) in [6.45, 7) is 2.01. The molecule has 4 aromatic rings. The second-order valence-electron chi connectivity index (χ2n) is 8.07. The van der Waals surface area contributed by atoms with Gasteiger partial charge in [0.05, 0.1) is 12.4 Å². The molecule has 0 aliphatic rings. The van der Waals surface area contributed by atoms with Crippen molar-refractivity contribution in [3.8, 4) is 5.75 Å². The lowest BCUT2D eigenvalue weighted by atomic mass is 10.2. The Morgan fingerprint density at radius 2 is 1.44 bits per heavy atom. The first-order chi connectivity index (χ1) is 17.6. The van der Waals surface area contributed by atoms with Gasteiger partial charge < -0.3 is 10.1 Å². The highest BCUT2D eigenvalue weighted by Gasteiger charge is 2.26. The fourth-order valence-electron chi connectivity index (χ4n) is 3.77. The molecule has 182 valence electrons. The Hall–Kier alpha value is -4.03. The molecular formula is C30H28N2O3S. The Kier molecular flexibility index (Phi) is 8.42. The van der Waals surface area contributed by atoms with E-state index in [0.29, 0.717) is 23.4 Å². The van der Waals surface area contributed by atoms with Crippen LogP contribution in [0.15, 0.2) is 114 Å². The first-order valence-electron chi connectivity index (χ1n) is 11.7. The second kappa shape index (κ2) is 12.1. The van der Waals surface area contributed by atoms with Crippen LogP contribution >= 0.6 is 11.8 Å². The number of anilines is 3. The monoisotopic (exact) mass is 496 g/mol. The molecule has 0 bridgehead atoms. The lowest BCUT2D eigenvalue weighted by Gasteiger charge is -2.27. The molecule has 1 unspecified atom stereocenters. The third kappa shape index (κ3) is 6.15. The van der Waals surface area contributed by atoms with Gasteiger partial charge in [-0.25, -0.2) is 0 Å². The van der Waals surface area contributed by atoms with Crippen LogP contribution in [0.25, 0.3) is 0 Å². The van der Waals surface area contributed by atoms with Crippen molar-refractivity contribution in [1.29, 1.82) is 0 Å². The number of amides is 2. The molecule has 0 fully saturated rings. The van der Waals surface area contributed by atoms with Crippen LogP contribution in [0.1, 0.15) is 23.7 Å². The van der Waals surface area contributed by atoms with E-state index in [2.05, 4.69) is 5.32 Å². The van der Waals surface area contributed by atoms with Gasteiger partial charge in [-0.1, -0.05) is 49.4 Å². The van der Waals surface area contributed by atoms with Gasteiger partial charge in [0.25, 0.3) is 5.91 Å². The topological polar surface area (TPSA) is 58.6 Å². The van der Waals surface area contributed by atoms with E-state index in [1.807, 2.05) is 91.9 Å². The SMILES string of the molecule is CCC(Sc1cccc(NC(=O)c2ccc(OC)cc2)c1)C(=O)N(c1ccccc1)c1ccccc1. The number of methoxy groups -OCH3 is 1. The highest BCUT2D eigenvalue weighted by molar-refractivity contribution is 8.00. The lowest BCUT2D eigenvalue weighted by molar-refractivity contribution is -0.117. The zero-order valence-corrected chi connectivity index (χ0v) is 21.1. The summed E-state index contributed by atoms with van der Waals surface area (Å²) in [5, 5.41) is 2.64. The van der Waals surface area contributed by atoms with Crippen LogP contribution in [0, 0.1) is 0 Å². The fourth-order valence-corrected chi connectivity index (χ4v) is 4.82. The van der Waals surface area contributed by atoms with E-state index in [1.54, 1.807) is 36.3 Å². The average molecular weight is 497 g/mol.